The molecule has 8 aromatic rings. The van der Waals surface area contributed by atoms with Crippen molar-refractivity contribution < 1.29 is 0 Å². The third kappa shape index (κ3) is 5.24. The zero-order valence-electron chi connectivity index (χ0n) is 27.3. The van der Waals surface area contributed by atoms with E-state index in [1.807, 2.05) is 42.6 Å². The van der Waals surface area contributed by atoms with Crippen molar-refractivity contribution in [1.29, 1.82) is 0 Å². The molecule has 0 saturated heterocycles. The largest absolute Gasteiger partial charge is 0.383 e. The Kier molecular flexibility index (Phi) is 7.33. The van der Waals surface area contributed by atoms with Gasteiger partial charge in [-0.05, 0) is 61.3 Å². The lowest BCUT2D eigenvalue weighted by Gasteiger charge is -2.11. The first-order valence-electron chi connectivity index (χ1n) is 16.8. The molecular weight excluding hydrogens is 609 g/mol. The summed E-state index contributed by atoms with van der Waals surface area (Å²) < 4.78 is 0. The normalized spacial score (nSPS) is 12.4. The molecule has 0 atom stereocenters. The number of nitrogens with zero attached hydrogens (tertiary/aromatic N) is 3. The standard InChI is InChI=1S/C46H32N4/c47-45(34-22-18-32(19-23-34)37-15-6-11-33-12-8-28-48-44(33)37)50-46(49-29-30-9-2-1-3-10-30)35-24-20-31(21-25-35)36-26-27-42-39-14-5-4-13-38(39)41-17-7-16-40(36)43(41)42/h1-28H,29H2,(H2,47,49,50). The highest BCUT2D eigenvalue weighted by atomic mass is 15.0. The molecule has 0 radical (unpaired) electrons. The zero-order chi connectivity index (χ0) is 33.4. The molecule has 0 saturated carbocycles. The van der Waals surface area contributed by atoms with Crippen LogP contribution in [0.5, 0.6) is 0 Å². The number of amidine groups is 2. The van der Waals surface area contributed by atoms with Gasteiger partial charge in [-0.15, -0.1) is 0 Å². The summed E-state index contributed by atoms with van der Waals surface area (Å²) in [6.45, 7) is 0.497. The van der Waals surface area contributed by atoms with Crippen molar-refractivity contribution in [3.05, 3.63) is 187 Å². The first-order valence-corrected chi connectivity index (χ1v) is 16.8. The molecule has 0 fully saturated rings. The van der Waals surface area contributed by atoms with Gasteiger partial charge < -0.3 is 5.73 Å². The van der Waals surface area contributed by atoms with Crippen LogP contribution >= 0.6 is 0 Å². The highest BCUT2D eigenvalue weighted by Gasteiger charge is 2.22. The summed E-state index contributed by atoms with van der Waals surface area (Å²) in [5.74, 6) is 1.01. The molecular formula is C46H32N4. The van der Waals surface area contributed by atoms with E-state index in [9.17, 15) is 0 Å². The summed E-state index contributed by atoms with van der Waals surface area (Å²) >= 11 is 0. The van der Waals surface area contributed by atoms with Gasteiger partial charge >= 0.3 is 0 Å². The van der Waals surface area contributed by atoms with E-state index in [1.54, 1.807) is 0 Å². The quantitative estimate of drug-likeness (QED) is 0.145. The van der Waals surface area contributed by atoms with Crippen molar-refractivity contribution in [3.63, 3.8) is 0 Å². The van der Waals surface area contributed by atoms with Crippen molar-refractivity contribution in [2.45, 2.75) is 6.54 Å². The van der Waals surface area contributed by atoms with Crippen LogP contribution in [0.1, 0.15) is 16.7 Å². The number of hydrogen-bond acceptors (Lipinski definition) is 2. The predicted octanol–water partition coefficient (Wildman–Crippen LogP) is 10.7. The maximum Gasteiger partial charge on any atom is 0.157 e. The average molecular weight is 641 g/mol. The molecule has 9 rings (SSSR count). The Bertz CT molecular complexity index is 2570. The summed E-state index contributed by atoms with van der Waals surface area (Å²) in [5, 5.41) is 3.69. The summed E-state index contributed by atoms with van der Waals surface area (Å²) in [5.41, 5.74) is 20.2. The van der Waals surface area contributed by atoms with Crippen molar-refractivity contribution in [2.75, 3.05) is 0 Å². The van der Waals surface area contributed by atoms with Crippen LogP contribution in [0.25, 0.3) is 66.2 Å². The van der Waals surface area contributed by atoms with Crippen LogP contribution in [-0.4, -0.2) is 16.7 Å². The Balaban J connectivity index is 1.06. The third-order valence-electron chi connectivity index (χ3n) is 9.61. The Morgan fingerprint density at radius 1 is 0.500 bits per heavy atom. The van der Waals surface area contributed by atoms with E-state index in [1.165, 1.54) is 38.6 Å². The first-order chi connectivity index (χ1) is 24.7. The fourth-order valence-corrected chi connectivity index (χ4v) is 7.14. The lowest BCUT2D eigenvalue weighted by Crippen LogP contribution is -2.16. The molecule has 7 aromatic carbocycles. The number of nitrogens with two attached hydrogens (primary N) is 1. The van der Waals surface area contributed by atoms with Crippen molar-refractivity contribution in [2.24, 2.45) is 15.7 Å². The van der Waals surface area contributed by atoms with Crippen LogP contribution < -0.4 is 5.73 Å². The minimum absolute atomic E-state index is 0.413. The molecule has 1 heterocycles. The van der Waals surface area contributed by atoms with Gasteiger partial charge in [0.25, 0.3) is 0 Å². The lowest BCUT2D eigenvalue weighted by molar-refractivity contribution is 1.06. The van der Waals surface area contributed by atoms with E-state index >= 15 is 0 Å². The van der Waals surface area contributed by atoms with E-state index in [2.05, 4.69) is 132 Å². The maximum atomic E-state index is 6.69. The third-order valence-corrected chi connectivity index (χ3v) is 9.61. The van der Waals surface area contributed by atoms with Gasteiger partial charge in [-0.3, -0.25) is 9.98 Å². The Morgan fingerprint density at radius 3 is 1.88 bits per heavy atom. The topological polar surface area (TPSA) is 63.6 Å². The van der Waals surface area contributed by atoms with Gasteiger partial charge in [0.1, 0.15) is 5.84 Å². The van der Waals surface area contributed by atoms with Gasteiger partial charge in [-0.1, -0.05) is 158 Å². The first kappa shape index (κ1) is 29.5. The van der Waals surface area contributed by atoms with Gasteiger partial charge in [0.2, 0.25) is 0 Å². The van der Waals surface area contributed by atoms with E-state index < -0.39 is 0 Å². The number of benzene rings is 7. The minimum atomic E-state index is 0.413. The summed E-state index contributed by atoms with van der Waals surface area (Å²) in [7, 11) is 0. The monoisotopic (exact) mass is 640 g/mol. The molecule has 0 unspecified atom stereocenters. The van der Waals surface area contributed by atoms with E-state index in [0.717, 1.165) is 44.3 Å². The van der Waals surface area contributed by atoms with Gasteiger partial charge in [0.15, 0.2) is 5.84 Å². The van der Waals surface area contributed by atoms with Crippen molar-refractivity contribution in [1.82, 2.24) is 4.98 Å². The van der Waals surface area contributed by atoms with E-state index in [-0.39, 0.29) is 0 Å². The van der Waals surface area contributed by atoms with Crippen LogP contribution in [0.2, 0.25) is 0 Å². The maximum absolute atomic E-state index is 6.69. The molecule has 1 aromatic heterocycles. The number of aromatic nitrogens is 1. The molecule has 4 nitrogen and oxygen atoms in total. The molecule has 50 heavy (non-hydrogen) atoms. The molecule has 0 bridgehead atoms. The lowest BCUT2D eigenvalue weighted by atomic mass is 9.94. The van der Waals surface area contributed by atoms with E-state index in [0.29, 0.717) is 18.2 Å². The fraction of sp³-hybridized carbons (Fsp3) is 0.0217. The molecule has 1 aliphatic rings. The van der Waals surface area contributed by atoms with Crippen LogP contribution in [0, 0.1) is 0 Å². The molecule has 236 valence electrons. The SMILES string of the molecule is NC(=NC(=NCc1ccccc1)c1ccc(-c2ccc3c4c(cccc24)-c2ccccc2-3)cc1)c1ccc(-c2cccc3cccnc23)cc1. The van der Waals surface area contributed by atoms with Crippen LogP contribution in [0.4, 0.5) is 0 Å². The number of aliphatic imine (C=N–C) groups is 2. The molecule has 1 aliphatic carbocycles. The van der Waals surface area contributed by atoms with Crippen molar-refractivity contribution in [3.8, 4) is 44.5 Å². The summed E-state index contributed by atoms with van der Waals surface area (Å²) in [6.07, 6.45) is 1.83. The summed E-state index contributed by atoms with van der Waals surface area (Å²) in [4.78, 5) is 14.5. The highest BCUT2D eigenvalue weighted by molar-refractivity contribution is 6.19. The zero-order valence-corrected chi connectivity index (χ0v) is 27.3. The second-order valence-corrected chi connectivity index (χ2v) is 12.6. The summed E-state index contributed by atoms with van der Waals surface area (Å²) in [6, 6.07) is 57.1. The van der Waals surface area contributed by atoms with Crippen molar-refractivity contribution >= 4 is 33.3 Å². The number of rotatable bonds is 6. The molecule has 4 heteroatoms. The Morgan fingerprint density at radius 2 is 1.10 bits per heavy atom. The van der Waals surface area contributed by atoms with Gasteiger partial charge in [-0.25, -0.2) is 4.99 Å². The molecule has 0 amide bonds. The number of hydrogen-bond donors (Lipinski definition) is 1. The fourth-order valence-electron chi connectivity index (χ4n) is 7.14. The second kappa shape index (κ2) is 12.4. The minimum Gasteiger partial charge on any atom is -0.383 e. The number of pyridine rings is 1. The molecule has 2 N–H and O–H groups in total. The smallest absolute Gasteiger partial charge is 0.157 e. The van der Waals surface area contributed by atoms with Gasteiger partial charge in [0, 0.05) is 28.3 Å². The predicted molar refractivity (Wildman–Crippen MR) is 208 cm³/mol. The van der Waals surface area contributed by atoms with Gasteiger partial charge in [-0.2, -0.15) is 0 Å². The molecule has 0 spiro atoms. The number of para-hydroxylation sites is 1. The average Bonchev–Trinajstić information content (AvgIpc) is 3.52. The Hall–Kier alpha value is -6.65. The van der Waals surface area contributed by atoms with E-state index in [4.69, 9.17) is 15.7 Å². The Labute approximate surface area is 291 Å². The number of fused-ring (bicyclic) bond motifs is 4. The molecule has 0 aliphatic heterocycles. The van der Waals surface area contributed by atoms with Crippen LogP contribution in [0.3, 0.4) is 0 Å². The van der Waals surface area contributed by atoms with Crippen LogP contribution in [0.15, 0.2) is 180 Å². The highest BCUT2D eigenvalue weighted by Crippen LogP contribution is 2.49. The van der Waals surface area contributed by atoms with Crippen LogP contribution in [-0.2, 0) is 6.54 Å². The second-order valence-electron chi connectivity index (χ2n) is 12.6. The van der Waals surface area contributed by atoms with Gasteiger partial charge in [0.05, 0.1) is 12.1 Å².